The van der Waals surface area contributed by atoms with E-state index in [0.29, 0.717) is 25.3 Å². The molecule has 1 atom stereocenters. The minimum absolute atomic E-state index is 0.0694. The van der Waals surface area contributed by atoms with Gasteiger partial charge in [0.2, 0.25) is 11.7 Å². The Morgan fingerprint density at radius 1 is 1.04 bits per heavy atom. The first-order valence-electron chi connectivity index (χ1n) is 16.2. The molecule has 2 aromatic carbocycles. The van der Waals surface area contributed by atoms with Crippen molar-refractivity contribution in [3.8, 4) is 22.5 Å². The van der Waals surface area contributed by atoms with Crippen molar-refractivity contribution in [2.75, 3.05) is 42.5 Å². The number of aromatic amines is 1. The summed E-state index contributed by atoms with van der Waals surface area (Å²) in [6, 6.07) is 13.0. The number of pyridine rings is 1. The molecule has 12 nitrogen and oxygen atoms in total. The number of carbonyl (C=O) groups is 2. The van der Waals surface area contributed by atoms with E-state index < -0.39 is 17.8 Å². The number of anilines is 2. The number of aromatic nitrogens is 5. The molecule has 2 aromatic heterocycles. The van der Waals surface area contributed by atoms with E-state index >= 15 is 4.39 Å². The summed E-state index contributed by atoms with van der Waals surface area (Å²) < 4.78 is 15.3. The summed E-state index contributed by atoms with van der Waals surface area (Å²) in [6.07, 6.45) is 4.91. The average molecular weight is 641 g/mol. The molecule has 0 radical (unpaired) electrons. The zero-order chi connectivity index (χ0) is 32.9. The van der Waals surface area contributed by atoms with Crippen LogP contribution in [-0.4, -0.2) is 76.2 Å². The predicted molar refractivity (Wildman–Crippen MR) is 178 cm³/mol. The van der Waals surface area contributed by atoms with Crippen molar-refractivity contribution in [3.05, 3.63) is 71.7 Å². The lowest BCUT2D eigenvalue weighted by Crippen LogP contribution is -2.50. The molecule has 0 unspecified atom stereocenters. The Hall–Kier alpha value is -4.59. The molecule has 3 heterocycles. The van der Waals surface area contributed by atoms with Gasteiger partial charge in [-0.25, -0.2) is 14.3 Å². The van der Waals surface area contributed by atoms with Crippen LogP contribution in [0.4, 0.5) is 15.9 Å². The van der Waals surface area contributed by atoms with Crippen molar-refractivity contribution >= 4 is 23.3 Å². The second-order valence-corrected chi connectivity index (χ2v) is 12.5. The van der Waals surface area contributed by atoms with E-state index in [0.717, 1.165) is 78.1 Å². The third-order valence-electron chi connectivity index (χ3n) is 9.34. The van der Waals surface area contributed by atoms with E-state index in [4.69, 9.17) is 16.5 Å². The fourth-order valence-corrected chi connectivity index (χ4v) is 6.53. The lowest BCUT2D eigenvalue weighted by atomic mass is 9.81. The van der Waals surface area contributed by atoms with Gasteiger partial charge >= 0.3 is 0 Å². The van der Waals surface area contributed by atoms with E-state index in [1.807, 2.05) is 30.5 Å². The molecular weight excluding hydrogens is 599 g/mol. The second kappa shape index (κ2) is 14.4. The quantitative estimate of drug-likeness (QED) is 0.213. The van der Waals surface area contributed by atoms with Crippen LogP contribution in [0.15, 0.2) is 54.7 Å². The fraction of sp³-hybridized carbons (Fsp3) is 0.412. The molecule has 246 valence electrons. The minimum atomic E-state index is -1.04. The van der Waals surface area contributed by atoms with Gasteiger partial charge in [0, 0.05) is 43.9 Å². The fourth-order valence-electron chi connectivity index (χ4n) is 6.53. The van der Waals surface area contributed by atoms with Gasteiger partial charge in [0.15, 0.2) is 0 Å². The van der Waals surface area contributed by atoms with Crippen molar-refractivity contribution in [1.82, 2.24) is 30.9 Å². The number of piperazine rings is 1. The maximum Gasteiger partial charge on any atom is 0.251 e. The molecule has 2 aliphatic rings. The summed E-state index contributed by atoms with van der Waals surface area (Å²) >= 11 is 0. The molecule has 6 N–H and O–H groups in total. The van der Waals surface area contributed by atoms with Gasteiger partial charge in [0.1, 0.15) is 11.6 Å². The topological polar surface area (TPSA) is 172 Å². The van der Waals surface area contributed by atoms with E-state index in [-0.39, 0.29) is 35.3 Å². The molecule has 13 heteroatoms. The molecule has 1 aliphatic heterocycles. The smallest absolute Gasteiger partial charge is 0.251 e. The molecule has 4 aromatic rings. The van der Waals surface area contributed by atoms with Crippen LogP contribution >= 0.6 is 0 Å². The van der Waals surface area contributed by atoms with Gasteiger partial charge in [-0.3, -0.25) is 9.59 Å². The average Bonchev–Trinajstić information content (AvgIpc) is 3.64. The van der Waals surface area contributed by atoms with E-state index in [1.54, 1.807) is 0 Å². The van der Waals surface area contributed by atoms with Crippen molar-refractivity contribution in [2.24, 2.45) is 23.3 Å². The Kier molecular flexibility index (Phi) is 9.95. The number of tetrazole rings is 1. The first-order valence-corrected chi connectivity index (χ1v) is 16.2. The van der Waals surface area contributed by atoms with E-state index in [9.17, 15) is 9.59 Å². The number of hydrogen-bond acceptors (Lipinski definition) is 10. The van der Waals surface area contributed by atoms with Crippen LogP contribution in [0.5, 0.6) is 0 Å². The molecule has 2 fully saturated rings. The van der Waals surface area contributed by atoms with Gasteiger partial charge in [-0.2, -0.15) is 5.21 Å². The highest BCUT2D eigenvalue weighted by molar-refractivity contribution is 6.17. The van der Waals surface area contributed by atoms with Crippen LogP contribution in [0.25, 0.3) is 22.5 Å². The van der Waals surface area contributed by atoms with Crippen LogP contribution in [0.3, 0.4) is 0 Å². The number of nitrogens with one attached hydrogen (secondary N) is 2. The van der Waals surface area contributed by atoms with Gasteiger partial charge in [-0.1, -0.05) is 24.3 Å². The zero-order valence-corrected chi connectivity index (χ0v) is 26.5. The summed E-state index contributed by atoms with van der Waals surface area (Å²) in [5.41, 5.74) is 16.6. The van der Waals surface area contributed by atoms with Crippen LogP contribution in [0.2, 0.25) is 0 Å². The molecule has 47 heavy (non-hydrogen) atoms. The first-order chi connectivity index (χ1) is 22.8. The lowest BCUT2D eigenvalue weighted by Gasteiger charge is -2.32. The maximum absolute atomic E-state index is 15.3. The van der Waals surface area contributed by atoms with Crippen LogP contribution in [0.1, 0.15) is 36.8 Å². The second-order valence-electron chi connectivity index (χ2n) is 12.5. The third-order valence-corrected chi connectivity index (χ3v) is 9.34. The number of halogens is 1. The molecule has 6 rings (SSSR count). The van der Waals surface area contributed by atoms with Gasteiger partial charge in [0.25, 0.3) is 5.91 Å². The monoisotopic (exact) mass is 640 g/mol. The molecule has 0 spiro atoms. The normalized spacial score (nSPS) is 18.9. The zero-order valence-electron chi connectivity index (χ0n) is 26.5. The number of nitrogens with zero attached hydrogens (tertiary/aromatic N) is 6. The first kappa shape index (κ1) is 32.4. The van der Waals surface area contributed by atoms with Crippen LogP contribution < -0.4 is 26.6 Å². The van der Waals surface area contributed by atoms with E-state index in [2.05, 4.69) is 43.8 Å². The summed E-state index contributed by atoms with van der Waals surface area (Å²) in [6.45, 7) is 6.39. The van der Waals surface area contributed by atoms with Gasteiger partial charge in [-0.05, 0) is 97.7 Å². The Morgan fingerprint density at radius 3 is 2.43 bits per heavy atom. The van der Waals surface area contributed by atoms with Gasteiger partial charge in [0.05, 0.1) is 17.3 Å². The number of H-pyrrole nitrogens is 1. The number of hydrogen-bond donors (Lipinski definition) is 4. The summed E-state index contributed by atoms with van der Waals surface area (Å²) in [5.74, 6) is -0.640. The Bertz CT molecular complexity index is 1680. The Morgan fingerprint density at radius 2 is 1.79 bits per heavy atom. The van der Waals surface area contributed by atoms with Crippen LogP contribution in [-0.2, 0) is 16.0 Å². The molecule has 2 amide bonds. The Balaban J connectivity index is 1.19. The minimum Gasteiger partial charge on any atom is -0.354 e. The number of nitrogens with two attached hydrogens (primary N) is 2. The number of aryl methyl sites for hydroxylation is 1. The number of carbonyl (C=O) groups excluding carboxylic acids is 2. The SMILES string of the molecule is Cc1cc(N2CCNCC2)ncc1-c1ccc(C[C@H](N)C(=O)N(C(=O)C2CCC(CN)CC2)c2ccc(-c3nn[nH]n3)c(F)c2)cc1. The molecular formula is C34H41FN10O2. The molecule has 1 saturated carbocycles. The van der Waals surface area contributed by atoms with Crippen molar-refractivity contribution in [1.29, 1.82) is 0 Å². The largest absolute Gasteiger partial charge is 0.354 e. The highest BCUT2D eigenvalue weighted by Gasteiger charge is 2.35. The number of rotatable bonds is 9. The summed E-state index contributed by atoms with van der Waals surface area (Å²) in [4.78, 5) is 35.9. The Labute approximate surface area is 273 Å². The van der Waals surface area contributed by atoms with Crippen molar-refractivity contribution in [3.63, 3.8) is 0 Å². The van der Waals surface area contributed by atoms with Crippen molar-refractivity contribution < 1.29 is 14.0 Å². The standard InChI is InChI=1S/C34H41FN10O2/c1-21-16-31(44-14-12-38-13-15-44)39-20-28(21)24-6-2-22(3-7-24)17-30(37)34(47)45(33(46)25-8-4-23(19-36)5-9-25)26-10-11-27(29(35)18-26)32-40-42-43-41-32/h2-3,6-7,10-11,16,18,20,23,25,30,38H,4-5,8-9,12-15,17,19,36-37H2,1H3,(H,40,41,42,43)/t23?,25?,30-/m0/s1. The number of imide groups is 1. The maximum atomic E-state index is 15.3. The summed E-state index contributed by atoms with van der Waals surface area (Å²) in [7, 11) is 0. The number of benzene rings is 2. The van der Waals surface area contributed by atoms with Crippen molar-refractivity contribution in [2.45, 2.75) is 45.1 Å². The van der Waals surface area contributed by atoms with Crippen LogP contribution in [0, 0.1) is 24.6 Å². The van der Waals surface area contributed by atoms with E-state index in [1.165, 1.54) is 12.1 Å². The molecule has 1 aliphatic carbocycles. The lowest BCUT2D eigenvalue weighted by molar-refractivity contribution is -0.130. The predicted octanol–water partition coefficient (Wildman–Crippen LogP) is 2.98. The summed E-state index contributed by atoms with van der Waals surface area (Å²) in [5, 5.41) is 16.8. The van der Waals surface area contributed by atoms with Gasteiger partial charge < -0.3 is 21.7 Å². The highest BCUT2D eigenvalue weighted by Crippen LogP contribution is 2.33. The number of amides is 2. The molecule has 1 saturated heterocycles. The highest BCUT2D eigenvalue weighted by atomic mass is 19.1. The van der Waals surface area contributed by atoms with Gasteiger partial charge in [-0.15, -0.1) is 10.2 Å². The third kappa shape index (κ3) is 7.22. The molecule has 0 bridgehead atoms.